The number of nitrogens with one attached hydrogen (secondary N) is 1. The first-order chi connectivity index (χ1) is 11.8. The molecular weight excluding hydrogens is 316 g/mol. The van der Waals surface area contributed by atoms with Crippen LogP contribution in [0.4, 0.5) is 0 Å². The van der Waals surface area contributed by atoms with E-state index in [-0.39, 0.29) is 0 Å². The van der Waals surface area contributed by atoms with Gasteiger partial charge in [-0.25, -0.2) is 4.98 Å². The van der Waals surface area contributed by atoms with E-state index >= 15 is 0 Å². The molecule has 1 unspecified atom stereocenters. The molecule has 128 valence electrons. The Morgan fingerprint density at radius 3 is 2.67 bits per heavy atom. The largest absolute Gasteiger partial charge is 0.315 e. The van der Waals surface area contributed by atoms with Crippen molar-refractivity contribution in [3.63, 3.8) is 0 Å². The highest BCUT2D eigenvalue weighted by atomic mass is 32.1. The summed E-state index contributed by atoms with van der Waals surface area (Å²) in [6.07, 6.45) is 1.31. The molecule has 4 rings (SSSR count). The first-order valence-corrected chi connectivity index (χ1v) is 9.84. The zero-order valence-corrected chi connectivity index (χ0v) is 15.2. The van der Waals surface area contributed by atoms with Gasteiger partial charge in [-0.1, -0.05) is 29.8 Å². The number of piperazine rings is 1. The van der Waals surface area contributed by atoms with Crippen LogP contribution in [0.1, 0.15) is 17.7 Å². The molecule has 1 atom stereocenters. The summed E-state index contributed by atoms with van der Waals surface area (Å²) in [4.78, 5) is 10.1. The Labute approximate surface area is 148 Å². The van der Waals surface area contributed by atoms with Crippen LogP contribution in [0.25, 0.3) is 10.6 Å². The summed E-state index contributed by atoms with van der Waals surface area (Å²) in [6.45, 7) is 10.2. The molecule has 0 bridgehead atoms. The molecule has 0 saturated carbocycles. The lowest BCUT2D eigenvalue weighted by Gasteiger charge is -2.37. The lowest BCUT2D eigenvalue weighted by atomic mass is 10.2. The van der Waals surface area contributed by atoms with Crippen molar-refractivity contribution in [2.75, 3.05) is 39.3 Å². The molecule has 2 aromatic rings. The molecule has 0 radical (unpaired) electrons. The third kappa shape index (κ3) is 3.70. The van der Waals surface area contributed by atoms with Crippen LogP contribution in [-0.2, 0) is 6.54 Å². The summed E-state index contributed by atoms with van der Waals surface area (Å²) in [5.74, 6) is 0. The van der Waals surface area contributed by atoms with Crippen molar-refractivity contribution in [1.82, 2.24) is 20.1 Å². The minimum absolute atomic E-state index is 0.763. The number of aryl methyl sites for hydroxylation is 1. The van der Waals surface area contributed by atoms with Crippen LogP contribution in [-0.4, -0.2) is 60.1 Å². The number of nitrogens with zero attached hydrogens (tertiary/aromatic N) is 3. The lowest BCUT2D eigenvalue weighted by Crippen LogP contribution is -2.50. The second-order valence-corrected chi connectivity index (χ2v) is 7.83. The van der Waals surface area contributed by atoms with Crippen molar-refractivity contribution < 1.29 is 0 Å². The molecule has 2 fully saturated rings. The number of thiazole rings is 1. The predicted octanol–water partition coefficient (Wildman–Crippen LogP) is 2.60. The monoisotopic (exact) mass is 342 g/mol. The average molecular weight is 343 g/mol. The molecule has 0 aliphatic carbocycles. The number of aromatic nitrogens is 1. The third-order valence-corrected chi connectivity index (χ3v) is 6.13. The Kier molecular flexibility index (Phi) is 4.94. The molecule has 24 heavy (non-hydrogen) atoms. The van der Waals surface area contributed by atoms with Crippen LogP contribution in [0.2, 0.25) is 0 Å². The summed E-state index contributed by atoms with van der Waals surface area (Å²) in [6, 6.07) is 9.43. The van der Waals surface area contributed by atoms with E-state index in [9.17, 15) is 0 Å². The number of benzene rings is 1. The topological polar surface area (TPSA) is 31.4 Å². The Morgan fingerprint density at radius 2 is 1.96 bits per heavy atom. The zero-order valence-electron chi connectivity index (χ0n) is 14.4. The van der Waals surface area contributed by atoms with Gasteiger partial charge in [-0.15, -0.1) is 11.3 Å². The first-order valence-electron chi connectivity index (χ1n) is 8.96. The smallest absolute Gasteiger partial charge is 0.123 e. The van der Waals surface area contributed by atoms with Gasteiger partial charge in [0.15, 0.2) is 0 Å². The molecule has 5 heteroatoms. The average Bonchev–Trinajstić information content (AvgIpc) is 3.28. The van der Waals surface area contributed by atoms with Crippen molar-refractivity contribution >= 4 is 11.3 Å². The van der Waals surface area contributed by atoms with Gasteiger partial charge in [-0.2, -0.15) is 0 Å². The summed E-state index contributed by atoms with van der Waals surface area (Å²) in [5, 5.41) is 6.84. The minimum Gasteiger partial charge on any atom is -0.315 e. The van der Waals surface area contributed by atoms with Crippen LogP contribution in [0.15, 0.2) is 29.6 Å². The zero-order chi connectivity index (χ0) is 16.4. The van der Waals surface area contributed by atoms with Gasteiger partial charge in [0.2, 0.25) is 0 Å². The highest BCUT2D eigenvalue weighted by Crippen LogP contribution is 2.25. The molecule has 2 saturated heterocycles. The summed E-state index contributed by atoms with van der Waals surface area (Å²) < 4.78 is 0. The molecule has 3 heterocycles. The van der Waals surface area contributed by atoms with Gasteiger partial charge in [-0.3, -0.25) is 9.80 Å². The Hall–Kier alpha value is -1.27. The maximum Gasteiger partial charge on any atom is 0.123 e. The van der Waals surface area contributed by atoms with Gasteiger partial charge in [0.25, 0.3) is 0 Å². The predicted molar refractivity (Wildman–Crippen MR) is 100 cm³/mol. The van der Waals surface area contributed by atoms with E-state index in [0.29, 0.717) is 0 Å². The highest BCUT2D eigenvalue weighted by Gasteiger charge is 2.26. The molecule has 0 amide bonds. The number of rotatable bonds is 4. The maximum atomic E-state index is 4.85. The fourth-order valence-corrected chi connectivity index (χ4v) is 4.49. The second-order valence-electron chi connectivity index (χ2n) is 6.97. The van der Waals surface area contributed by atoms with Gasteiger partial charge in [0.1, 0.15) is 5.01 Å². The van der Waals surface area contributed by atoms with E-state index < -0.39 is 0 Å². The fourth-order valence-electron chi connectivity index (χ4n) is 3.68. The SMILES string of the molecule is Cc1ccc(-c2nc(CN3CCN(C4CCNC4)CC3)cs2)cc1. The number of hydrogen-bond acceptors (Lipinski definition) is 5. The van der Waals surface area contributed by atoms with Crippen LogP contribution in [0.5, 0.6) is 0 Å². The van der Waals surface area contributed by atoms with Gasteiger partial charge in [0, 0.05) is 56.3 Å². The quantitative estimate of drug-likeness (QED) is 0.925. The molecule has 1 N–H and O–H groups in total. The standard InChI is InChI=1S/C19H26N4S/c1-15-2-4-16(5-3-15)19-21-17(14-24-19)13-22-8-10-23(11-9-22)18-6-7-20-12-18/h2-5,14,18,20H,6-13H2,1H3. The van der Waals surface area contributed by atoms with E-state index in [1.165, 1.54) is 49.4 Å². The van der Waals surface area contributed by atoms with E-state index in [1.807, 2.05) is 0 Å². The van der Waals surface area contributed by atoms with E-state index in [1.54, 1.807) is 11.3 Å². The normalized spacial score (nSPS) is 23.0. The van der Waals surface area contributed by atoms with E-state index in [2.05, 4.69) is 51.7 Å². The number of hydrogen-bond donors (Lipinski definition) is 1. The van der Waals surface area contributed by atoms with Crippen molar-refractivity contribution in [1.29, 1.82) is 0 Å². The molecule has 2 aliphatic heterocycles. The van der Waals surface area contributed by atoms with Crippen molar-refractivity contribution in [3.8, 4) is 10.6 Å². The highest BCUT2D eigenvalue weighted by molar-refractivity contribution is 7.13. The van der Waals surface area contributed by atoms with Crippen LogP contribution >= 0.6 is 11.3 Å². The molecule has 0 spiro atoms. The lowest BCUT2D eigenvalue weighted by molar-refractivity contribution is 0.0975. The maximum absolute atomic E-state index is 4.85. The molecular formula is C19H26N4S. The fraction of sp³-hybridized carbons (Fsp3) is 0.526. The summed E-state index contributed by atoms with van der Waals surface area (Å²) in [7, 11) is 0. The van der Waals surface area contributed by atoms with Crippen molar-refractivity contribution in [2.45, 2.75) is 25.9 Å². The summed E-state index contributed by atoms with van der Waals surface area (Å²) in [5.41, 5.74) is 3.74. The van der Waals surface area contributed by atoms with Crippen molar-refractivity contribution in [2.24, 2.45) is 0 Å². The Bertz CT molecular complexity index is 652. The second kappa shape index (κ2) is 7.31. The van der Waals surface area contributed by atoms with Gasteiger partial charge >= 0.3 is 0 Å². The Morgan fingerprint density at radius 1 is 1.17 bits per heavy atom. The third-order valence-electron chi connectivity index (χ3n) is 5.19. The van der Waals surface area contributed by atoms with Gasteiger partial charge < -0.3 is 5.32 Å². The van der Waals surface area contributed by atoms with Crippen LogP contribution in [0, 0.1) is 6.92 Å². The molecule has 1 aromatic heterocycles. The molecule has 1 aromatic carbocycles. The summed E-state index contributed by atoms with van der Waals surface area (Å²) >= 11 is 1.76. The van der Waals surface area contributed by atoms with E-state index in [4.69, 9.17) is 4.98 Å². The van der Waals surface area contributed by atoms with Crippen molar-refractivity contribution in [3.05, 3.63) is 40.9 Å². The van der Waals surface area contributed by atoms with E-state index in [0.717, 1.165) is 30.7 Å². The van der Waals surface area contributed by atoms with Crippen LogP contribution < -0.4 is 5.32 Å². The first kappa shape index (κ1) is 16.2. The van der Waals surface area contributed by atoms with Crippen LogP contribution in [0.3, 0.4) is 0 Å². The minimum atomic E-state index is 0.763. The van der Waals surface area contributed by atoms with Gasteiger partial charge in [0.05, 0.1) is 5.69 Å². The molecule has 2 aliphatic rings. The Balaban J connectivity index is 1.32. The molecule has 4 nitrogen and oxygen atoms in total. The van der Waals surface area contributed by atoms with Gasteiger partial charge in [-0.05, 0) is 19.9 Å².